The molecule has 202 valence electrons. The molecule has 9 nitrogen and oxygen atoms in total. The van der Waals surface area contributed by atoms with Crippen LogP contribution < -0.4 is 11.1 Å². The number of hydrogen-bond acceptors (Lipinski definition) is 6. The molecule has 38 heavy (non-hydrogen) atoms. The van der Waals surface area contributed by atoms with Crippen molar-refractivity contribution in [1.29, 1.82) is 0 Å². The standard InChI is InChI=1S/C26H30F3N7O2/c1-25(2,3)24(38)35-10-18(27)19(11-35)33-23(37)16-6-4-5-15(7-16)20-8-17(9-34-12-26(28,29)13-34)21-22(30)31-14-32-36(20)21/h4-8,14,18-19H,9-13H2,1-3H3,(H,33,37)(H2,30,31,32)/t18-,19+/m0/s1. The topological polar surface area (TPSA) is 109 Å². The van der Waals surface area contributed by atoms with Crippen molar-refractivity contribution in [3.63, 3.8) is 0 Å². The van der Waals surface area contributed by atoms with E-state index in [0.29, 0.717) is 27.9 Å². The number of alkyl halides is 3. The Labute approximate surface area is 217 Å². The number of aromatic nitrogens is 3. The quantitative estimate of drug-likeness (QED) is 0.526. The van der Waals surface area contributed by atoms with E-state index in [2.05, 4.69) is 15.4 Å². The fourth-order valence-corrected chi connectivity index (χ4v) is 5.04. The zero-order valence-electron chi connectivity index (χ0n) is 21.4. The summed E-state index contributed by atoms with van der Waals surface area (Å²) in [6.07, 6.45) is -0.0742. The van der Waals surface area contributed by atoms with Crippen molar-refractivity contribution in [2.24, 2.45) is 5.41 Å². The molecule has 12 heteroatoms. The van der Waals surface area contributed by atoms with Gasteiger partial charge in [-0.3, -0.25) is 14.5 Å². The van der Waals surface area contributed by atoms with Gasteiger partial charge in [0, 0.05) is 29.6 Å². The van der Waals surface area contributed by atoms with E-state index in [1.807, 2.05) is 0 Å². The largest absolute Gasteiger partial charge is 0.382 e. The van der Waals surface area contributed by atoms with Gasteiger partial charge in [-0.05, 0) is 23.8 Å². The summed E-state index contributed by atoms with van der Waals surface area (Å²) in [4.78, 5) is 32.7. The molecule has 0 aliphatic carbocycles. The molecule has 3 N–H and O–H groups in total. The number of benzene rings is 1. The van der Waals surface area contributed by atoms with Crippen molar-refractivity contribution in [3.05, 3.63) is 47.8 Å². The van der Waals surface area contributed by atoms with Crippen LogP contribution in [-0.2, 0) is 11.3 Å². The zero-order valence-corrected chi connectivity index (χ0v) is 21.4. The van der Waals surface area contributed by atoms with Crippen LogP contribution in [0.25, 0.3) is 16.8 Å². The number of hydrogen-bond donors (Lipinski definition) is 2. The summed E-state index contributed by atoms with van der Waals surface area (Å²) in [5.74, 6) is -3.12. The fraction of sp³-hybridized carbons (Fsp3) is 0.462. The van der Waals surface area contributed by atoms with E-state index >= 15 is 0 Å². The number of anilines is 1. The van der Waals surface area contributed by atoms with E-state index in [-0.39, 0.29) is 44.4 Å². The van der Waals surface area contributed by atoms with Gasteiger partial charge in [-0.2, -0.15) is 5.10 Å². The lowest BCUT2D eigenvalue weighted by Crippen LogP contribution is -2.55. The van der Waals surface area contributed by atoms with Crippen LogP contribution in [0.4, 0.5) is 19.0 Å². The van der Waals surface area contributed by atoms with Gasteiger partial charge in [0.1, 0.15) is 18.0 Å². The second-order valence-corrected chi connectivity index (χ2v) is 11.1. The van der Waals surface area contributed by atoms with Gasteiger partial charge in [0.05, 0.1) is 31.4 Å². The minimum atomic E-state index is -2.70. The lowest BCUT2D eigenvalue weighted by atomic mass is 9.95. The first-order chi connectivity index (χ1) is 17.8. The highest BCUT2D eigenvalue weighted by molar-refractivity contribution is 5.96. The Kier molecular flexibility index (Phi) is 6.33. The predicted molar refractivity (Wildman–Crippen MR) is 135 cm³/mol. The molecule has 2 saturated heterocycles. The third kappa shape index (κ3) is 4.92. The Morgan fingerprint density at radius 3 is 2.61 bits per heavy atom. The molecular formula is C26H30F3N7O2. The van der Waals surface area contributed by atoms with Gasteiger partial charge in [-0.15, -0.1) is 0 Å². The van der Waals surface area contributed by atoms with Crippen LogP contribution in [0.2, 0.25) is 0 Å². The van der Waals surface area contributed by atoms with E-state index in [0.717, 1.165) is 0 Å². The van der Waals surface area contributed by atoms with Crippen molar-refractivity contribution >= 4 is 23.1 Å². The second-order valence-electron chi connectivity index (χ2n) is 11.1. The Hall–Kier alpha value is -3.67. The maximum Gasteiger partial charge on any atom is 0.272 e. The summed E-state index contributed by atoms with van der Waals surface area (Å²) < 4.78 is 43.1. The molecule has 0 bridgehead atoms. The van der Waals surface area contributed by atoms with Crippen LogP contribution in [0, 0.1) is 5.41 Å². The number of nitrogens with zero attached hydrogens (tertiary/aromatic N) is 5. The Morgan fingerprint density at radius 1 is 1.18 bits per heavy atom. The highest BCUT2D eigenvalue weighted by Crippen LogP contribution is 2.33. The molecule has 4 heterocycles. The third-order valence-corrected chi connectivity index (χ3v) is 6.88. The molecule has 0 spiro atoms. The smallest absolute Gasteiger partial charge is 0.272 e. The molecule has 0 saturated carbocycles. The van der Waals surface area contributed by atoms with Crippen LogP contribution in [-0.4, -0.2) is 80.5 Å². The molecule has 2 fully saturated rings. The van der Waals surface area contributed by atoms with Crippen molar-refractivity contribution < 1.29 is 22.8 Å². The minimum Gasteiger partial charge on any atom is -0.382 e. The fourth-order valence-electron chi connectivity index (χ4n) is 5.04. The van der Waals surface area contributed by atoms with Gasteiger partial charge < -0.3 is 16.0 Å². The lowest BCUT2D eigenvalue weighted by Gasteiger charge is -2.38. The predicted octanol–water partition coefficient (Wildman–Crippen LogP) is 2.75. The van der Waals surface area contributed by atoms with Gasteiger partial charge >= 0.3 is 0 Å². The molecule has 2 aliphatic rings. The normalized spacial score (nSPS) is 21.5. The molecule has 0 radical (unpaired) electrons. The van der Waals surface area contributed by atoms with E-state index in [4.69, 9.17) is 5.73 Å². The van der Waals surface area contributed by atoms with E-state index in [1.165, 1.54) is 11.2 Å². The van der Waals surface area contributed by atoms with Gasteiger partial charge in [-0.25, -0.2) is 22.7 Å². The third-order valence-electron chi connectivity index (χ3n) is 6.88. The summed E-state index contributed by atoms with van der Waals surface area (Å²) in [5, 5.41) is 7.02. The number of amides is 2. The summed E-state index contributed by atoms with van der Waals surface area (Å²) >= 11 is 0. The van der Waals surface area contributed by atoms with Gasteiger partial charge in [-0.1, -0.05) is 32.9 Å². The molecule has 2 aromatic heterocycles. The first-order valence-electron chi connectivity index (χ1n) is 12.4. The summed E-state index contributed by atoms with van der Waals surface area (Å²) in [6, 6.07) is 7.73. The van der Waals surface area contributed by atoms with Gasteiger partial charge in [0.25, 0.3) is 11.8 Å². The molecule has 0 unspecified atom stereocenters. The van der Waals surface area contributed by atoms with Crippen molar-refractivity contribution in [2.45, 2.75) is 45.5 Å². The van der Waals surface area contributed by atoms with Crippen molar-refractivity contribution in [1.82, 2.24) is 29.7 Å². The molecule has 2 aliphatic heterocycles. The number of fused-ring (bicyclic) bond motifs is 1. The summed E-state index contributed by atoms with van der Waals surface area (Å²) in [7, 11) is 0. The summed E-state index contributed by atoms with van der Waals surface area (Å²) in [5.41, 5.74) is 8.23. The summed E-state index contributed by atoms with van der Waals surface area (Å²) in [6.45, 7) is 4.93. The second kappa shape index (κ2) is 9.26. The van der Waals surface area contributed by atoms with Gasteiger partial charge in [0.2, 0.25) is 5.91 Å². The molecule has 2 amide bonds. The van der Waals surface area contributed by atoms with Crippen LogP contribution in [0.15, 0.2) is 36.7 Å². The number of carbonyl (C=O) groups is 2. The number of halogens is 3. The minimum absolute atomic E-state index is 0.0654. The number of rotatable bonds is 5. The molecular weight excluding hydrogens is 499 g/mol. The van der Waals surface area contributed by atoms with Crippen LogP contribution in [0.1, 0.15) is 36.7 Å². The average Bonchev–Trinajstić information content (AvgIpc) is 3.38. The highest BCUT2D eigenvalue weighted by atomic mass is 19.3. The lowest BCUT2D eigenvalue weighted by molar-refractivity contribution is -0.138. The Bertz CT molecular complexity index is 1390. The number of nitrogens with one attached hydrogen (secondary N) is 1. The van der Waals surface area contributed by atoms with Crippen LogP contribution in [0.5, 0.6) is 0 Å². The SMILES string of the molecule is CC(C)(C)C(=O)N1C[C@H](F)[C@H](NC(=O)c2cccc(-c3cc(CN4CC(F)(F)C4)c4c(N)ncnn34)c2)C1. The van der Waals surface area contributed by atoms with Crippen molar-refractivity contribution in [3.8, 4) is 11.3 Å². The number of carbonyl (C=O) groups excluding carboxylic acids is 2. The van der Waals surface area contributed by atoms with E-state index in [9.17, 15) is 22.8 Å². The van der Waals surface area contributed by atoms with Crippen LogP contribution >= 0.6 is 0 Å². The Morgan fingerprint density at radius 2 is 1.92 bits per heavy atom. The first kappa shape index (κ1) is 26.0. The molecule has 5 rings (SSSR count). The van der Waals surface area contributed by atoms with E-state index in [1.54, 1.807) is 60.5 Å². The maximum atomic E-state index is 14.7. The highest BCUT2D eigenvalue weighted by Gasteiger charge is 2.44. The monoisotopic (exact) mass is 529 g/mol. The zero-order chi connectivity index (χ0) is 27.4. The number of likely N-dealkylation sites (tertiary alicyclic amines) is 2. The van der Waals surface area contributed by atoms with Gasteiger partial charge in [0.15, 0.2) is 5.82 Å². The number of nitrogen functional groups attached to an aromatic ring is 1. The average molecular weight is 530 g/mol. The molecule has 2 atom stereocenters. The molecule has 3 aromatic rings. The maximum absolute atomic E-state index is 14.7. The van der Waals surface area contributed by atoms with Crippen molar-refractivity contribution in [2.75, 3.05) is 31.9 Å². The Balaban J connectivity index is 1.37. The number of nitrogens with two attached hydrogens (primary N) is 1. The molecule has 1 aromatic carbocycles. The van der Waals surface area contributed by atoms with E-state index < -0.39 is 29.5 Å². The first-order valence-corrected chi connectivity index (χ1v) is 12.4. The van der Waals surface area contributed by atoms with Crippen LogP contribution in [0.3, 0.4) is 0 Å².